The van der Waals surface area contributed by atoms with Crippen molar-refractivity contribution in [2.24, 2.45) is 5.10 Å². The topological polar surface area (TPSA) is 102 Å². The van der Waals surface area contributed by atoms with Crippen molar-refractivity contribution in [1.82, 2.24) is 20.9 Å². The number of hydrogen-bond donors (Lipinski definition) is 3. The summed E-state index contributed by atoms with van der Waals surface area (Å²) in [6.07, 6.45) is 4.74. The molecule has 0 spiro atoms. The van der Waals surface area contributed by atoms with Crippen LogP contribution in [0.4, 0.5) is 5.69 Å². The Labute approximate surface area is 209 Å². The number of amides is 2. The monoisotopic (exact) mass is 478 g/mol. The number of nitrogens with zero attached hydrogens (tertiary/aromatic N) is 3. The number of carbonyl (C=O) groups excluding carboxylic acids is 2. The van der Waals surface area contributed by atoms with Gasteiger partial charge >= 0.3 is 0 Å². The number of nitrogens with one attached hydrogen (secondary N) is 3. The van der Waals surface area contributed by atoms with Crippen molar-refractivity contribution in [2.45, 2.75) is 0 Å². The third-order valence-electron chi connectivity index (χ3n) is 5.35. The van der Waals surface area contributed by atoms with E-state index in [0.29, 0.717) is 11.1 Å². The zero-order chi connectivity index (χ0) is 25.3. The first-order valence-corrected chi connectivity index (χ1v) is 11.3. The Hall–Kier alpha value is -4.98. The van der Waals surface area contributed by atoms with Crippen LogP contribution in [0.15, 0.2) is 102 Å². The highest BCUT2D eigenvalue weighted by Gasteiger charge is 2.14. The smallest absolute Gasteiger partial charge is 0.287 e. The molecular formula is C28H26N6O2. The molecule has 3 aromatic carbocycles. The van der Waals surface area contributed by atoms with Crippen molar-refractivity contribution < 1.29 is 9.59 Å². The van der Waals surface area contributed by atoms with Crippen molar-refractivity contribution in [1.29, 1.82) is 0 Å². The highest BCUT2D eigenvalue weighted by molar-refractivity contribution is 6.05. The van der Waals surface area contributed by atoms with E-state index in [-0.39, 0.29) is 5.70 Å². The maximum absolute atomic E-state index is 13.0. The molecule has 0 fully saturated rings. The molecule has 4 rings (SSSR count). The summed E-state index contributed by atoms with van der Waals surface area (Å²) in [5.41, 5.74) is 7.21. The maximum Gasteiger partial charge on any atom is 0.287 e. The Morgan fingerprint density at radius 2 is 1.58 bits per heavy atom. The fraction of sp³-hybridized carbons (Fsp3) is 0.0714. The molecule has 1 aromatic heterocycles. The SMILES string of the molecule is CN(C)c1ccc(/C=C(\NC(=O)c2ccccc2)C(=O)N/N=C/c2cn[nH]c2-c2ccccc2)cc1. The number of rotatable bonds is 8. The standard InChI is InChI=1S/C28H26N6O2/c1-34(2)24-15-13-20(14-16-24)17-25(31-27(35)22-11-7-4-8-12-22)28(36)33-30-19-23-18-29-32-26(23)21-9-5-3-6-10-21/h3-19H,1-2H3,(H,29,32)(H,31,35)(H,33,36)/b25-17-,30-19+. The molecule has 0 unspecified atom stereocenters. The zero-order valence-electron chi connectivity index (χ0n) is 20.0. The largest absolute Gasteiger partial charge is 0.378 e. The van der Waals surface area contributed by atoms with Crippen LogP contribution in [0.2, 0.25) is 0 Å². The number of H-pyrrole nitrogens is 1. The Bertz CT molecular complexity index is 1370. The molecule has 0 saturated heterocycles. The summed E-state index contributed by atoms with van der Waals surface area (Å²) in [5, 5.41) is 13.8. The molecular weight excluding hydrogens is 452 g/mol. The molecule has 0 aliphatic rings. The van der Waals surface area contributed by atoms with Crippen LogP contribution < -0.4 is 15.6 Å². The van der Waals surface area contributed by atoms with Crippen LogP contribution in [-0.2, 0) is 4.79 Å². The van der Waals surface area contributed by atoms with Gasteiger partial charge in [-0.2, -0.15) is 10.2 Å². The molecule has 0 atom stereocenters. The normalized spacial score (nSPS) is 11.3. The third-order valence-corrected chi connectivity index (χ3v) is 5.35. The lowest BCUT2D eigenvalue weighted by Crippen LogP contribution is -2.32. The first-order valence-electron chi connectivity index (χ1n) is 11.3. The van der Waals surface area contributed by atoms with E-state index in [0.717, 1.165) is 22.5 Å². The second-order valence-electron chi connectivity index (χ2n) is 8.13. The van der Waals surface area contributed by atoms with Crippen LogP contribution in [0.1, 0.15) is 21.5 Å². The van der Waals surface area contributed by atoms with Gasteiger partial charge in [0, 0.05) is 36.5 Å². The Balaban J connectivity index is 1.54. The highest BCUT2D eigenvalue weighted by Crippen LogP contribution is 2.19. The summed E-state index contributed by atoms with van der Waals surface area (Å²) >= 11 is 0. The predicted octanol–water partition coefficient (Wildman–Crippen LogP) is 4.06. The molecule has 2 amide bonds. The zero-order valence-corrected chi connectivity index (χ0v) is 20.0. The average molecular weight is 479 g/mol. The van der Waals surface area contributed by atoms with Crippen LogP contribution in [0.25, 0.3) is 17.3 Å². The van der Waals surface area contributed by atoms with Gasteiger partial charge in [-0.3, -0.25) is 14.7 Å². The molecule has 1 heterocycles. The predicted molar refractivity (Wildman–Crippen MR) is 142 cm³/mol. The molecule has 36 heavy (non-hydrogen) atoms. The minimum Gasteiger partial charge on any atom is -0.378 e. The fourth-order valence-corrected chi connectivity index (χ4v) is 3.43. The number of hydrazone groups is 1. The van der Waals surface area contributed by atoms with E-state index in [1.54, 1.807) is 36.5 Å². The molecule has 180 valence electrons. The summed E-state index contributed by atoms with van der Waals surface area (Å²) in [5.74, 6) is -0.955. The van der Waals surface area contributed by atoms with Gasteiger partial charge in [0.2, 0.25) is 0 Å². The number of aromatic amines is 1. The van der Waals surface area contributed by atoms with Gasteiger partial charge < -0.3 is 10.2 Å². The molecule has 0 bridgehead atoms. The first-order chi connectivity index (χ1) is 17.5. The van der Waals surface area contributed by atoms with Crippen LogP contribution in [-0.4, -0.2) is 42.3 Å². The molecule has 8 nitrogen and oxygen atoms in total. The van der Waals surface area contributed by atoms with Crippen LogP contribution in [0.3, 0.4) is 0 Å². The number of carbonyl (C=O) groups is 2. The van der Waals surface area contributed by atoms with Gasteiger partial charge in [0.05, 0.1) is 18.1 Å². The van der Waals surface area contributed by atoms with Gasteiger partial charge in [0.1, 0.15) is 5.70 Å². The summed E-state index contributed by atoms with van der Waals surface area (Å²) in [6.45, 7) is 0. The molecule has 0 radical (unpaired) electrons. The third kappa shape index (κ3) is 6.12. The lowest BCUT2D eigenvalue weighted by atomic mass is 10.1. The van der Waals surface area contributed by atoms with Gasteiger partial charge in [-0.1, -0.05) is 60.7 Å². The highest BCUT2D eigenvalue weighted by atomic mass is 16.2. The molecule has 0 aliphatic heterocycles. The van der Waals surface area contributed by atoms with E-state index in [1.165, 1.54) is 6.21 Å². The van der Waals surface area contributed by atoms with Gasteiger partial charge in [-0.05, 0) is 35.9 Å². The second kappa shape index (κ2) is 11.4. The fourth-order valence-electron chi connectivity index (χ4n) is 3.43. The van der Waals surface area contributed by atoms with Gasteiger partial charge in [0.25, 0.3) is 11.8 Å². The Morgan fingerprint density at radius 1 is 0.917 bits per heavy atom. The second-order valence-corrected chi connectivity index (χ2v) is 8.13. The Kier molecular flexibility index (Phi) is 7.67. The van der Waals surface area contributed by atoms with Gasteiger partial charge in [-0.15, -0.1) is 0 Å². The number of benzene rings is 3. The minimum atomic E-state index is -0.558. The van der Waals surface area contributed by atoms with E-state index in [2.05, 4.69) is 26.0 Å². The number of aromatic nitrogens is 2. The molecule has 3 N–H and O–H groups in total. The van der Waals surface area contributed by atoms with Gasteiger partial charge in [0.15, 0.2) is 0 Å². The van der Waals surface area contributed by atoms with Crippen molar-refractivity contribution in [3.63, 3.8) is 0 Å². The van der Waals surface area contributed by atoms with E-state index in [1.807, 2.05) is 79.7 Å². The van der Waals surface area contributed by atoms with Crippen molar-refractivity contribution >= 4 is 29.8 Å². The van der Waals surface area contributed by atoms with E-state index >= 15 is 0 Å². The van der Waals surface area contributed by atoms with Crippen molar-refractivity contribution in [3.05, 3.63) is 114 Å². The average Bonchev–Trinajstić information content (AvgIpc) is 3.38. The van der Waals surface area contributed by atoms with E-state index < -0.39 is 11.8 Å². The first kappa shape index (κ1) is 24.2. The van der Waals surface area contributed by atoms with Crippen molar-refractivity contribution in [3.8, 4) is 11.3 Å². The lowest BCUT2D eigenvalue weighted by Gasteiger charge is -2.12. The maximum atomic E-state index is 13.0. The molecule has 8 heteroatoms. The van der Waals surface area contributed by atoms with E-state index in [4.69, 9.17) is 0 Å². The summed E-state index contributed by atoms with van der Waals surface area (Å²) in [4.78, 5) is 27.8. The lowest BCUT2D eigenvalue weighted by molar-refractivity contribution is -0.117. The van der Waals surface area contributed by atoms with Crippen LogP contribution in [0.5, 0.6) is 0 Å². The summed E-state index contributed by atoms with van der Waals surface area (Å²) < 4.78 is 0. The molecule has 0 saturated carbocycles. The number of hydrogen-bond acceptors (Lipinski definition) is 5. The number of anilines is 1. The minimum absolute atomic E-state index is 0.0640. The quantitative estimate of drug-likeness (QED) is 0.202. The van der Waals surface area contributed by atoms with Crippen LogP contribution in [0, 0.1) is 0 Å². The Morgan fingerprint density at radius 3 is 2.25 bits per heavy atom. The van der Waals surface area contributed by atoms with Gasteiger partial charge in [-0.25, -0.2) is 5.43 Å². The summed E-state index contributed by atoms with van der Waals surface area (Å²) in [6, 6.07) is 26.0. The molecule has 0 aliphatic carbocycles. The molecule has 4 aromatic rings. The van der Waals surface area contributed by atoms with Crippen molar-refractivity contribution in [2.75, 3.05) is 19.0 Å². The van der Waals surface area contributed by atoms with Crippen LogP contribution >= 0.6 is 0 Å². The summed E-state index contributed by atoms with van der Waals surface area (Å²) in [7, 11) is 3.90. The van der Waals surface area contributed by atoms with E-state index in [9.17, 15) is 9.59 Å².